The van der Waals surface area contributed by atoms with Gasteiger partial charge in [-0.05, 0) is 48.9 Å². The van der Waals surface area contributed by atoms with E-state index in [1.165, 1.54) is 12.1 Å². The monoisotopic (exact) mass is 410 g/mol. The predicted octanol–water partition coefficient (Wildman–Crippen LogP) is 2.99. The number of nitrogens with zero attached hydrogens (tertiary/aromatic N) is 1. The van der Waals surface area contributed by atoms with Crippen molar-refractivity contribution >= 4 is 11.8 Å². The van der Waals surface area contributed by atoms with Crippen LogP contribution in [0.15, 0.2) is 54.6 Å². The SMILES string of the molecule is O=C(CCc1cccc(F)c1)N1CCC2(CC1)C[C@@H](O)[C@H](c1ccccc1)NC2=O. The molecule has 4 rings (SSSR count). The van der Waals surface area contributed by atoms with E-state index in [1.807, 2.05) is 36.4 Å². The number of benzene rings is 2. The van der Waals surface area contributed by atoms with Crippen molar-refractivity contribution < 1.29 is 19.1 Å². The highest BCUT2D eigenvalue weighted by molar-refractivity contribution is 5.85. The van der Waals surface area contributed by atoms with Gasteiger partial charge in [-0.3, -0.25) is 9.59 Å². The third-order valence-electron chi connectivity index (χ3n) is 6.50. The van der Waals surface area contributed by atoms with Gasteiger partial charge in [-0.25, -0.2) is 4.39 Å². The molecular formula is C24H27FN2O3. The summed E-state index contributed by atoms with van der Waals surface area (Å²) in [4.78, 5) is 27.3. The summed E-state index contributed by atoms with van der Waals surface area (Å²) in [5.41, 5.74) is 1.08. The minimum atomic E-state index is -0.652. The number of carbonyl (C=O) groups excluding carboxylic acids is 2. The lowest BCUT2D eigenvalue weighted by Crippen LogP contribution is -2.57. The highest BCUT2D eigenvalue weighted by Gasteiger charge is 2.49. The number of nitrogens with one attached hydrogen (secondary N) is 1. The third-order valence-corrected chi connectivity index (χ3v) is 6.50. The van der Waals surface area contributed by atoms with E-state index in [1.54, 1.807) is 11.0 Å². The Labute approximate surface area is 175 Å². The van der Waals surface area contributed by atoms with Crippen LogP contribution in [-0.4, -0.2) is 41.0 Å². The van der Waals surface area contributed by atoms with E-state index in [2.05, 4.69) is 5.32 Å². The summed E-state index contributed by atoms with van der Waals surface area (Å²) in [5, 5.41) is 13.8. The third kappa shape index (κ3) is 4.24. The fourth-order valence-corrected chi connectivity index (χ4v) is 4.68. The van der Waals surface area contributed by atoms with E-state index in [4.69, 9.17) is 0 Å². The zero-order valence-corrected chi connectivity index (χ0v) is 16.9. The first-order valence-corrected chi connectivity index (χ1v) is 10.5. The van der Waals surface area contributed by atoms with Crippen molar-refractivity contribution in [3.05, 3.63) is 71.5 Å². The van der Waals surface area contributed by atoms with E-state index in [-0.39, 0.29) is 17.6 Å². The maximum absolute atomic E-state index is 13.3. The van der Waals surface area contributed by atoms with Gasteiger partial charge in [0.15, 0.2) is 0 Å². The molecule has 0 aromatic heterocycles. The van der Waals surface area contributed by atoms with E-state index in [0.717, 1.165) is 11.1 Å². The molecule has 2 aromatic rings. The number of aliphatic hydroxyl groups is 1. The average Bonchev–Trinajstić information content (AvgIpc) is 2.76. The first-order valence-electron chi connectivity index (χ1n) is 10.5. The highest BCUT2D eigenvalue weighted by Crippen LogP contribution is 2.42. The van der Waals surface area contributed by atoms with Gasteiger partial charge in [-0.2, -0.15) is 0 Å². The number of aryl methyl sites for hydroxylation is 1. The Kier molecular flexibility index (Phi) is 5.86. The Balaban J connectivity index is 1.33. The average molecular weight is 410 g/mol. The molecule has 30 heavy (non-hydrogen) atoms. The molecule has 0 bridgehead atoms. The molecule has 2 amide bonds. The van der Waals surface area contributed by atoms with Gasteiger partial charge in [0, 0.05) is 19.5 Å². The fourth-order valence-electron chi connectivity index (χ4n) is 4.68. The van der Waals surface area contributed by atoms with Crippen LogP contribution in [0.1, 0.15) is 42.9 Å². The number of aliphatic hydroxyl groups excluding tert-OH is 1. The molecule has 158 valence electrons. The molecule has 0 radical (unpaired) electrons. The molecule has 2 heterocycles. The molecule has 0 unspecified atom stereocenters. The van der Waals surface area contributed by atoms with Crippen molar-refractivity contribution in [2.24, 2.45) is 5.41 Å². The Hall–Kier alpha value is -2.73. The Morgan fingerprint density at radius 2 is 1.87 bits per heavy atom. The summed E-state index contributed by atoms with van der Waals surface area (Å²) >= 11 is 0. The van der Waals surface area contributed by atoms with Crippen molar-refractivity contribution in [2.45, 2.75) is 44.2 Å². The maximum atomic E-state index is 13.3. The van der Waals surface area contributed by atoms with E-state index < -0.39 is 17.6 Å². The lowest BCUT2D eigenvalue weighted by Gasteiger charge is -2.46. The van der Waals surface area contributed by atoms with Crippen molar-refractivity contribution in [2.75, 3.05) is 13.1 Å². The number of rotatable bonds is 4. The van der Waals surface area contributed by atoms with Gasteiger partial charge in [0.2, 0.25) is 11.8 Å². The lowest BCUT2D eigenvalue weighted by atomic mass is 9.69. The molecule has 2 aliphatic heterocycles. The normalized spacial score (nSPS) is 23.3. The van der Waals surface area contributed by atoms with Crippen LogP contribution in [0.4, 0.5) is 4.39 Å². The number of hydrogen-bond donors (Lipinski definition) is 2. The van der Waals surface area contributed by atoms with Crippen LogP contribution in [0.5, 0.6) is 0 Å². The molecule has 2 aliphatic rings. The smallest absolute Gasteiger partial charge is 0.227 e. The zero-order valence-electron chi connectivity index (χ0n) is 16.9. The summed E-state index contributed by atoms with van der Waals surface area (Å²) in [5.74, 6) is -0.308. The molecule has 2 N–H and O–H groups in total. The first-order chi connectivity index (χ1) is 14.5. The van der Waals surface area contributed by atoms with Crippen molar-refractivity contribution in [1.82, 2.24) is 10.2 Å². The quantitative estimate of drug-likeness (QED) is 0.814. The summed E-state index contributed by atoms with van der Waals surface area (Å²) in [6.45, 7) is 0.996. The van der Waals surface area contributed by atoms with Crippen LogP contribution in [-0.2, 0) is 16.0 Å². The van der Waals surface area contributed by atoms with Gasteiger partial charge in [0.25, 0.3) is 0 Å². The Bertz CT molecular complexity index is 910. The van der Waals surface area contributed by atoms with Crippen LogP contribution in [0.25, 0.3) is 0 Å². The molecule has 2 saturated heterocycles. The lowest BCUT2D eigenvalue weighted by molar-refractivity contribution is -0.148. The van der Waals surface area contributed by atoms with Gasteiger partial charge in [-0.1, -0.05) is 42.5 Å². The second-order valence-corrected chi connectivity index (χ2v) is 8.42. The fraction of sp³-hybridized carbons (Fsp3) is 0.417. The summed E-state index contributed by atoms with van der Waals surface area (Å²) < 4.78 is 13.3. The standard InChI is InChI=1S/C24H27FN2O3/c25-19-8-4-5-17(15-19)9-10-21(29)27-13-11-24(12-14-27)16-20(28)22(26-23(24)30)18-6-2-1-3-7-18/h1-8,15,20,22,28H,9-14,16H2,(H,26,30)/t20-,22+/m1/s1. The molecular weight excluding hydrogens is 383 g/mol. The minimum absolute atomic E-state index is 0.0213. The molecule has 0 saturated carbocycles. The minimum Gasteiger partial charge on any atom is -0.391 e. The predicted molar refractivity (Wildman–Crippen MR) is 111 cm³/mol. The number of likely N-dealkylation sites (tertiary alicyclic amines) is 1. The molecule has 6 heteroatoms. The highest BCUT2D eigenvalue weighted by atomic mass is 19.1. The number of piperidine rings is 2. The van der Waals surface area contributed by atoms with Gasteiger partial charge < -0.3 is 15.3 Å². The topological polar surface area (TPSA) is 69.6 Å². The largest absolute Gasteiger partial charge is 0.391 e. The van der Waals surface area contributed by atoms with Gasteiger partial charge in [-0.15, -0.1) is 0 Å². The maximum Gasteiger partial charge on any atom is 0.227 e. The van der Waals surface area contributed by atoms with Crippen LogP contribution >= 0.6 is 0 Å². The number of halogens is 1. The van der Waals surface area contributed by atoms with Crippen LogP contribution in [0.2, 0.25) is 0 Å². The van der Waals surface area contributed by atoms with E-state index >= 15 is 0 Å². The Morgan fingerprint density at radius 3 is 2.57 bits per heavy atom. The Morgan fingerprint density at radius 1 is 1.13 bits per heavy atom. The summed E-state index contributed by atoms with van der Waals surface area (Å²) in [7, 11) is 0. The number of amides is 2. The van der Waals surface area contributed by atoms with Gasteiger partial charge in [0.05, 0.1) is 17.6 Å². The van der Waals surface area contributed by atoms with Crippen LogP contribution in [0, 0.1) is 11.2 Å². The number of carbonyl (C=O) groups is 2. The second kappa shape index (κ2) is 8.56. The van der Waals surface area contributed by atoms with Gasteiger partial charge in [0.1, 0.15) is 5.82 Å². The van der Waals surface area contributed by atoms with Crippen LogP contribution in [0.3, 0.4) is 0 Å². The molecule has 1 spiro atoms. The van der Waals surface area contributed by atoms with Gasteiger partial charge >= 0.3 is 0 Å². The second-order valence-electron chi connectivity index (χ2n) is 8.42. The summed E-state index contributed by atoms with van der Waals surface area (Å²) in [6, 6.07) is 15.4. The van der Waals surface area contributed by atoms with Crippen molar-refractivity contribution in [1.29, 1.82) is 0 Å². The molecule has 0 aliphatic carbocycles. The first kappa shape index (κ1) is 20.5. The molecule has 5 nitrogen and oxygen atoms in total. The van der Waals surface area contributed by atoms with Crippen LogP contribution < -0.4 is 5.32 Å². The zero-order chi connectivity index (χ0) is 21.1. The van der Waals surface area contributed by atoms with Crippen molar-refractivity contribution in [3.8, 4) is 0 Å². The molecule has 2 fully saturated rings. The van der Waals surface area contributed by atoms with Crippen molar-refractivity contribution in [3.63, 3.8) is 0 Å². The van der Waals surface area contributed by atoms with E-state index in [9.17, 15) is 19.1 Å². The van der Waals surface area contributed by atoms with E-state index in [0.29, 0.717) is 45.2 Å². The molecule has 2 aromatic carbocycles. The summed E-state index contributed by atoms with van der Waals surface area (Å²) in [6.07, 6.45) is 1.66. The molecule has 2 atom stereocenters. The number of hydrogen-bond acceptors (Lipinski definition) is 3.